The van der Waals surface area contributed by atoms with Crippen LogP contribution >= 0.6 is 0 Å². The Hall–Kier alpha value is 0.960. The van der Waals surface area contributed by atoms with Gasteiger partial charge in [-0.2, -0.15) is 0 Å². The summed E-state index contributed by atoms with van der Waals surface area (Å²) in [5.74, 6) is 0.796. The maximum atomic E-state index is 9.20. The summed E-state index contributed by atoms with van der Waals surface area (Å²) in [6.07, 6.45) is -0.130. The normalized spacial score (nSPS) is 10.7. The topological polar surface area (TPSA) is 20.2 Å². The summed E-state index contributed by atoms with van der Waals surface area (Å²) in [7, 11) is 0. The van der Waals surface area contributed by atoms with Crippen LogP contribution in [0.3, 0.4) is 0 Å². The van der Waals surface area contributed by atoms with Crippen molar-refractivity contribution in [2.24, 2.45) is 11.8 Å². The monoisotopic (exact) mass is 140 g/mol. The third kappa shape index (κ3) is 5.41. The molecule has 0 bridgehead atoms. The maximum absolute atomic E-state index is 9.20. The van der Waals surface area contributed by atoms with E-state index in [2.05, 4.69) is 0 Å². The molecule has 0 saturated heterocycles. The molecule has 1 N–H and O–H groups in total. The first-order valence-electron chi connectivity index (χ1n) is 3.23. The Morgan fingerprint density at radius 1 is 0.889 bits per heavy atom. The minimum atomic E-state index is -0.130. The average Bonchev–Trinajstić information content (AvgIpc) is 1.64. The van der Waals surface area contributed by atoms with Gasteiger partial charge in [-0.15, -0.1) is 0 Å². The number of aliphatic hydroxyl groups excluding tert-OH is 1. The van der Waals surface area contributed by atoms with Crippen molar-refractivity contribution in [3.8, 4) is 0 Å². The zero-order valence-corrected chi connectivity index (χ0v) is 6.18. The molecule has 9 heavy (non-hydrogen) atoms. The van der Waals surface area contributed by atoms with E-state index in [1.54, 1.807) is 0 Å². The molecular formula is C7H17NaO. The van der Waals surface area contributed by atoms with Gasteiger partial charge in [-0.1, -0.05) is 27.7 Å². The van der Waals surface area contributed by atoms with Crippen molar-refractivity contribution in [2.75, 3.05) is 0 Å². The van der Waals surface area contributed by atoms with E-state index >= 15 is 0 Å². The molecule has 0 amide bonds. The van der Waals surface area contributed by atoms with Gasteiger partial charge in [0, 0.05) is 0 Å². The standard InChI is InChI=1S/C7H16O.Na.H/c1-5(2)7(8)6(3)4;;/h5-8H,1-4H3;;. The Bertz CT molecular complexity index is 53.9. The van der Waals surface area contributed by atoms with E-state index in [-0.39, 0.29) is 35.7 Å². The molecule has 0 aliphatic carbocycles. The molecule has 0 aliphatic rings. The van der Waals surface area contributed by atoms with E-state index in [9.17, 15) is 5.11 Å². The molecule has 2 heteroatoms. The van der Waals surface area contributed by atoms with Crippen molar-refractivity contribution in [1.82, 2.24) is 0 Å². The van der Waals surface area contributed by atoms with Gasteiger partial charge in [-0.05, 0) is 11.8 Å². The summed E-state index contributed by atoms with van der Waals surface area (Å²) >= 11 is 0. The number of rotatable bonds is 2. The van der Waals surface area contributed by atoms with Gasteiger partial charge in [0.05, 0.1) is 6.10 Å². The second kappa shape index (κ2) is 5.72. The van der Waals surface area contributed by atoms with Gasteiger partial charge in [0.1, 0.15) is 0 Å². The molecule has 0 aliphatic heterocycles. The van der Waals surface area contributed by atoms with E-state index in [0.29, 0.717) is 11.8 Å². The fourth-order valence-corrected chi connectivity index (χ4v) is 0.770. The quantitative estimate of drug-likeness (QED) is 0.567. The molecule has 0 aromatic heterocycles. The fraction of sp³-hybridized carbons (Fsp3) is 1.00. The Balaban J connectivity index is 0. The van der Waals surface area contributed by atoms with Crippen LogP contribution in [0.5, 0.6) is 0 Å². The van der Waals surface area contributed by atoms with Crippen molar-refractivity contribution in [2.45, 2.75) is 33.8 Å². The van der Waals surface area contributed by atoms with Crippen LogP contribution in [0.25, 0.3) is 0 Å². The molecule has 0 fully saturated rings. The SMILES string of the molecule is CC(C)C(O)C(C)C.[NaH]. The van der Waals surface area contributed by atoms with Gasteiger partial charge >= 0.3 is 29.6 Å². The third-order valence-corrected chi connectivity index (χ3v) is 1.37. The van der Waals surface area contributed by atoms with Gasteiger partial charge in [-0.25, -0.2) is 0 Å². The van der Waals surface area contributed by atoms with Crippen LogP contribution in [0.1, 0.15) is 27.7 Å². The molecule has 0 atom stereocenters. The molecular weight excluding hydrogens is 123 g/mol. The number of hydrogen-bond donors (Lipinski definition) is 1. The van der Waals surface area contributed by atoms with Crippen molar-refractivity contribution >= 4 is 29.6 Å². The van der Waals surface area contributed by atoms with E-state index in [1.807, 2.05) is 27.7 Å². The summed E-state index contributed by atoms with van der Waals surface area (Å²) in [5, 5.41) is 9.20. The van der Waals surface area contributed by atoms with Gasteiger partial charge < -0.3 is 5.11 Å². The van der Waals surface area contributed by atoms with Crippen molar-refractivity contribution in [3.63, 3.8) is 0 Å². The Morgan fingerprint density at radius 2 is 1.11 bits per heavy atom. The first kappa shape index (κ1) is 12.6. The third-order valence-electron chi connectivity index (χ3n) is 1.37. The van der Waals surface area contributed by atoms with Gasteiger partial charge in [0.25, 0.3) is 0 Å². The Kier molecular flexibility index (Phi) is 8.02. The minimum absolute atomic E-state index is 0. The van der Waals surface area contributed by atoms with E-state index in [4.69, 9.17) is 0 Å². The predicted molar refractivity (Wildman–Crippen MR) is 42.8 cm³/mol. The first-order chi connectivity index (χ1) is 3.55. The van der Waals surface area contributed by atoms with Crippen LogP contribution in [-0.4, -0.2) is 40.8 Å². The Labute approximate surface area is 80.1 Å². The second-order valence-electron chi connectivity index (χ2n) is 2.98. The summed E-state index contributed by atoms with van der Waals surface area (Å²) in [6.45, 7) is 8.13. The average molecular weight is 140 g/mol. The molecule has 0 unspecified atom stereocenters. The molecule has 1 nitrogen and oxygen atoms in total. The van der Waals surface area contributed by atoms with Crippen LogP contribution in [0, 0.1) is 11.8 Å². The van der Waals surface area contributed by atoms with Crippen molar-refractivity contribution in [3.05, 3.63) is 0 Å². The first-order valence-corrected chi connectivity index (χ1v) is 3.23. The second-order valence-corrected chi connectivity index (χ2v) is 2.98. The van der Waals surface area contributed by atoms with Crippen molar-refractivity contribution < 1.29 is 5.11 Å². The number of hydrogen-bond acceptors (Lipinski definition) is 1. The summed E-state index contributed by atoms with van der Waals surface area (Å²) in [6, 6.07) is 0. The molecule has 0 spiro atoms. The van der Waals surface area contributed by atoms with Crippen LogP contribution in [-0.2, 0) is 0 Å². The van der Waals surface area contributed by atoms with Gasteiger partial charge in [0.15, 0.2) is 0 Å². The van der Waals surface area contributed by atoms with E-state index in [1.165, 1.54) is 0 Å². The van der Waals surface area contributed by atoms with Crippen LogP contribution in [0.2, 0.25) is 0 Å². The molecule has 0 radical (unpaired) electrons. The molecule has 0 rings (SSSR count). The molecule has 52 valence electrons. The molecule has 0 aromatic carbocycles. The van der Waals surface area contributed by atoms with Gasteiger partial charge in [-0.3, -0.25) is 0 Å². The van der Waals surface area contributed by atoms with E-state index < -0.39 is 0 Å². The Morgan fingerprint density at radius 3 is 1.11 bits per heavy atom. The number of aliphatic hydroxyl groups is 1. The van der Waals surface area contributed by atoms with Crippen LogP contribution in [0.15, 0.2) is 0 Å². The fourth-order valence-electron chi connectivity index (χ4n) is 0.770. The zero-order chi connectivity index (χ0) is 6.73. The summed E-state index contributed by atoms with van der Waals surface area (Å²) < 4.78 is 0. The summed E-state index contributed by atoms with van der Waals surface area (Å²) in [4.78, 5) is 0. The van der Waals surface area contributed by atoms with Crippen molar-refractivity contribution in [1.29, 1.82) is 0 Å². The van der Waals surface area contributed by atoms with Crippen LogP contribution < -0.4 is 0 Å². The molecule has 0 heterocycles. The zero-order valence-electron chi connectivity index (χ0n) is 6.18. The summed E-state index contributed by atoms with van der Waals surface area (Å²) in [5.41, 5.74) is 0. The predicted octanol–water partition coefficient (Wildman–Crippen LogP) is 1.01. The van der Waals surface area contributed by atoms with E-state index in [0.717, 1.165) is 0 Å². The van der Waals surface area contributed by atoms with Crippen LogP contribution in [0.4, 0.5) is 0 Å². The molecule has 0 aromatic rings. The molecule has 0 saturated carbocycles. The van der Waals surface area contributed by atoms with Gasteiger partial charge in [0.2, 0.25) is 0 Å².